The van der Waals surface area contributed by atoms with Gasteiger partial charge in [-0.3, -0.25) is 14.9 Å². The third-order valence-electron chi connectivity index (χ3n) is 4.99. The van der Waals surface area contributed by atoms with Gasteiger partial charge in [-0.05, 0) is 19.1 Å². The molecule has 1 saturated heterocycles. The fourth-order valence-electron chi connectivity index (χ4n) is 3.44. The molecule has 0 atom stereocenters. The van der Waals surface area contributed by atoms with Crippen LogP contribution in [0.3, 0.4) is 0 Å². The molecule has 0 aliphatic carbocycles. The molecule has 0 spiro atoms. The quantitative estimate of drug-likeness (QED) is 0.507. The summed E-state index contributed by atoms with van der Waals surface area (Å²) in [4.78, 5) is 27.9. The molecule has 0 N–H and O–H groups in total. The van der Waals surface area contributed by atoms with Gasteiger partial charge in [0.2, 0.25) is 0 Å². The first-order chi connectivity index (χ1) is 14.5. The molecule has 30 heavy (non-hydrogen) atoms. The molecule has 1 heterocycles. The maximum Gasteiger partial charge on any atom is 0.286 e. The summed E-state index contributed by atoms with van der Waals surface area (Å²) in [5.74, 6) is 0.908. The molecule has 1 fully saturated rings. The van der Waals surface area contributed by atoms with Crippen LogP contribution in [0.2, 0.25) is 0 Å². The van der Waals surface area contributed by atoms with Gasteiger partial charge in [-0.2, -0.15) is 0 Å². The number of anilines is 1. The average molecular weight is 415 g/mol. The SMILES string of the molecule is CCOc1cc(C(=O)N2CCN(c3cccc(OC)c3)CC2)c([N+](=O)[O-])cc1OC. The molecule has 0 unspecified atom stereocenters. The van der Waals surface area contributed by atoms with Crippen molar-refractivity contribution < 1.29 is 23.9 Å². The normalized spacial score (nSPS) is 13.7. The number of rotatable bonds is 7. The first kappa shape index (κ1) is 21.2. The van der Waals surface area contributed by atoms with Crippen LogP contribution < -0.4 is 19.1 Å². The summed E-state index contributed by atoms with van der Waals surface area (Å²) in [6.45, 7) is 4.26. The van der Waals surface area contributed by atoms with E-state index in [1.165, 1.54) is 19.2 Å². The van der Waals surface area contributed by atoms with Crippen LogP contribution in [0.15, 0.2) is 36.4 Å². The van der Waals surface area contributed by atoms with Gasteiger partial charge in [-0.1, -0.05) is 6.07 Å². The minimum Gasteiger partial charge on any atom is -0.497 e. The summed E-state index contributed by atoms with van der Waals surface area (Å²) in [6.07, 6.45) is 0. The Labute approximate surface area is 174 Å². The number of hydrogen-bond donors (Lipinski definition) is 0. The second-order valence-corrected chi connectivity index (χ2v) is 6.69. The number of nitro benzene ring substituents is 1. The highest BCUT2D eigenvalue weighted by molar-refractivity contribution is 5.99. The Morgan fingerprint density at radius 2 is 1.80 bits per heavy atom. The Kier molecular flexibility index (Phi) is 6.61. The molecule has 1 aliphatic heterocycles. The van der Waals surface area contributed by atoms with E-state index >= 15 is 0 Å². The number of nitro groups is 1. The Balaban J connectivity index is 1.80. The van der Waals surface area contributed by atoms with Crippen molar-refractivity contribution in [3.05, 3.63) is 52.1 Å². The summed E-state index contributed by atoms with van der Waals surface area (Å²) < 4.78 is 15.9. The number of carbonyl (C=O) groups excluding carboxylic acids is 1. The maximum atomic E-state index is 13.1. The Hall–Kier alpha value is -3.49. The van der Waals surface area contributed by atoms with Gasteiger partial charge in [0, 0.05) is 44.0 Å². The summed E-state index contributed by atoms with van der Waals surface area (Å²) >= 11 is 0. The van der Waals surface area contributed by atoms with Gasteiger partial charge in [0.25, 0.3) is 11.6 Å². The zero-order valence-electron chi connectivity index (χ0n) is 17.3. The minimum atomic E-state index is -0.571. The molecule has 0 radical (unpaired) electrons. The van der Waals surface area contributed by atoms with Gasteiger partial charge >= 0.3 is 0 Å². The van der Waals surface area contributed by atoms with Gasteiger partial charge in [-0.25, -0.2) is 0 Å². The van der Waals surface area contributed by atoms with Crippen molar-refractivity contribution in [2.45, 2.75) is 6.92 Å². The number of piperazine rings is 1. The van der Waals surface area contributed by atoms with Crippen molar-refractivity contribution in [3.8, 4) is 17.2 Å². The van der Waals surface area contributed by atoms with Crippen LogP contribution in [0.1, 0.15) is 17.3 Å². The number of methoxy groups -OCH3 is 2. The van der Waals surface area contributed by atoms with Crippen molar-refractivity contribution in [3.63, 3.8) is 0 Å². The molecule has 9 nitrogen and oxygen atoms in total. The van der Waals surface area contributed by atoms with Crippen molar-refractivity contribution in [1.82, 2.24) is 4.90 Å². The fourth-order valence-corrected chi connectivity index (χ4v) is 3.44. The van der Waals surface area contributed by atoms with Crippen LogP contribution >= 0.6 is 0 Å². The number of benzene rings is 2. The van der Waals surface area contributed by atoms with E-state index in [2.05, 4.69) is 4.90 Å². The molecular formula is C21H25N3O6. The smallest absolute Gasteiger partial charge is 0.286 e. The van der Waals surface area contributed by atoms with Crippen LogP contribution in [0.5, 0.6) is 17.2 Å². The van der Waals surface area contributed by atoms with E-state index in [9.17, 15) is 14.9 Å². The summed E-state index contributed by atoms with van der Waals surface area (Å²) in [5.41, 5.74) is 0.713. The van der Waals surface area contributed by atoms with Gasteiger partial charge in [0.15, 0.2) is 11.5 Å². The van der Waals surface area contributed by atoms with Crippen LogP contribution in [0.4, 0.5) is 11.4 Å². The topological polar surface area (TPSA) is 94.4 Å². The number of ether oxygens (including phenoxy) is 3. The third kappa shape index (κ3) is 4.40. The lowest BCUT2D eigenvalue weighted by atomic mass is 10.1. The lowest BCUT2D eigenvalue weighted by Gasteiger charge is -2.36. The molecule has 3 rings (SSSR count). The average Bonchev–Trinajstić information content (AvgIpc) is 2.78. The predicted molar refractivity (Wildman–Crippen MR) is 112 cm³/mol. The van der Waals surface area contributed by atoms with Gasteiger partial charge < -0.3 is 24.0 Å². The molecule has 0 bridgehead atoms. The molecule has 2 aromatic carbocycles. The Bertz CT molecular complexity index is 925. The highest BCUT2D eigenvalue weighted by Gasteiger charge is 2.30. The van der Waals surface area contributed by atoms with Crippen molar-refractivity contribution >= 4 is 17.3 Å². The lowest BCUT2D eigenvalue weighted by Crippen LogP contribution is -2.48. The minimum absolute atomic E-state index is 0.000852. The molecule has 0 aromatic heterocycles. The maximum absolute atomic E-state index is 13.1. The third-order valence-corrected chi connectivity index (χ3v) is 4.99. The highest BCUT2D eigenvalue weighted by atomic mass is 16.6. The Morgan fingerprint density at radius 1 is 1.07 bits per heavy atom. The highest BCUT2D eigenvalue weighted by Crippen LogP contribution is 2.35. The van der Waals surface area contributed by atoms with Crippen LogP contribution in [0, 0.1) is 10.1 Å². The lowest BCUT2D eigenvalue weighted by molar-refractivity contribution is -0.385. The van der Waals surface area contributed by atoms with E-state index < -0.39 is 10.8 Å². The molecular weight excluding hydrogens is 390 g/mol. The van der Waals surface area contributed by atoms with E-state index in [0.29, 0.717) is 38.5 Å². The number of amides is 1. The van der Waals surface area contributed by atoms with E-state index in [0.717, 1.165) is 11.4 Å². The zero-order chi connectivity index (χ0) is 21.7. The number of carbonyl (C=O) groups is 1. The van der Waals surface area contributed by atoms with Crippen molar-refractivity contribution in [1.29, 1.82) is 0 Å². The molecule has 1 aliphatic rings. The first-order valence-electron chi connectivity index (χ1n) is 9.66. The van der Waals surface area contributed by atoms with Crippen molar-refractivity contribution in [2.75, 3.05) is 51.9 Å². The number of hydrogen-bond acceptors (Lipinski definition) is 7. The number of nitrogens with zero attached hydrogens (tertiary/aromatic N) is 3. The molecule has 160 valence electrons. The largest absolute Gasteiger partial charge is 0.497 e. The van der Waals surface area contributed by atoms with Crippen LogP contribution in [-0.4, -0.2) is 62.7 Å². The molecule has 1 amide bonds. The second-order valence-electron chi connectivity index (χ2n) is 6.69. The zero-order valence-corrected chi connectivity index (χ0v) is 17.3. The van der Waals surface area contributed by atoms with E-state index in [1.807, 2.05) is 24.3 Å². The van der Waals surface area contributed by atoms with E-state index in [4.69, 9.17) is 14.2 Å². The fraction of sp³-hybridized carbons (Fsp3) is 0.381. The van der Waals surface area contributed by atoms with Crippen LogP contribution in [-0.2, 0) is 0 Å². The van der Waals surface area contributed by atoms with Crippen LogP contribution in [0.25, 0.3) is 0 Å². The molecule has 9 heteroatoms. The first-order valence-corrected chi connectivity index (χ1v) is 9.66. The van der Waals surface area contributed by atoms with Crippen molar-refractivity contribution in [2.24, 2.45) is 0 Å². The summed E-state index contributed by atoms with van der Waals surface area (Å²) in [6, 6.07) is 10.4. The second kappa shape index (κ2) is 9.34. The van der Waals surface area contributed by atoms with Gasteiger partial charge in [-0.15, -0.1) is 0 Å². The van der Waals surface area contributed by atoms with E-state index in [1.54, 1.807) is 18.9 Å². The predicted octanol–water partition coefficient (Wildman–Crippen LogP) is 2.97. The molecule has 0 saturated carbocycles. The summed E-state index contributed by atoms with van der Waals surface area (Å²) in [7, 11) is 3.02. The van der Waals surface area contributed by atoms with Gasteiger partial charge in [0.1, 0.15) is 11.3 Å². The van der Waals surface area contributed by atoms with E-state index in [-0.39, 0.29) is 17.0 Å². The Morgan fingerprint density at radius 3 is 2.40 bits per heavy atom. The standard InChI is InChI=1S/C21H25N3O6/c1-4-30-20-13-17(18(24(26)27)14-19(20)29-3)21(25)23-10-8-22(9-11-23)15-6-5-7-16(12-15)28-2/h5-7,12-14H,4,8-11H2,1-3H3. The molecule has 2 aromatic rings. The monoisotopic (exact) mass is 415 g/mol. The summed E-state index contributed by atoms with van der Waals surface area (Å²) in [5, 5.41) is 11.6. The van der Waals surface area contributed by atoms with Gasteiger partial charge in [0.05, 0.1) is 31.8 Å².